The monoisotopic (exact) mass is 281 g/mol. The number of rotatable bonds is 4. The first-order valence-electron chi connectivity index (χ1n) is 7.16. The molecular weight excluding hydrogens is 260 g/mol. The number of carbonyl (C=O) groups is 1. The molecule has 0 amide bonds. The molecule has 1 aromatic carbocycles. The Balaban J connectivity index is 2.41. The van der Waals surface area contributed by atoms with Gasteiger partial charge in [-0.15, -0.1) is 0 Å². The fraction of sp³-hybridized carbons (Fsp3) is 0.562. The summed E-state index contributed by atoms with van der Waals surface area (Å²) in [4.78, 5) is 14.8. The second-order valence-corrected chi connectivity index (χ2v) is 5.71. The number of hydrogen-bond acceptors (Lipinski definition) is 2. The van der Waals surface area contributed by atoms with Crippen molar-refractivity contribution in [3.8, 4) is 0 Å². The van der Waals surface area contributed by atoms with E-state index in [-0.39, 0.29) is 16.9 Å². The summed E-state index contributed by atoms with van der Waals surface area (Å²) in [5.74, 6) is -2.26. The summed E-state index contributed by atoms with van der Waals surface area (Å²) in [5, 5.41) is 0. The van der Waals surface area contributed by atoms with Gasteiger partial charge in [-0.1, -0.05) is 13.0 Å². The number of Topliss-reactive ketones (excluding diaryl/α,β-unsaturated/α-hetero) is 1. The average molecular weight is 281 g/mol. The largest absolute Gasteiger partial charge is 0.292 e. The van der Waals surface area contributed by atoms with Crippen LogP contribution in [0, 0.1) is 18.6 Å². The van der Waals surface area contributed by atoms with Gasteiger partial charge < -0.3 is 0 Å². The molecule has 0 radical (unpaired) electrons. The lowest BCUT2D eigenvalue weighted by atomic mass is 9.86. The highest BCUT2D eigenvalue weighted by Crippen LogP contribution is 2.30. The van der Waals surface area contributed by atoms with Crippen molar-refractivity contribution in [3.05, 3.63) is 34.9 Å². The van der Waals surface area contributed by atoms with Crippen LogP contribution in [0.4, 0.5) is 8.78 Å². The van der Waals surface area contributed by atoms with Gasteiger partial charge in [-0.3, -0.25) is 9.69 Å². The lowest BCUT2D eigenvalue weighted by Crippen LogP contribution is -2.51. The van der Waals surface area contributed by atoms with Crippen LogP contribution in [0.2, 0.25) is 0 Å². The Hall–Kier alpha value is -1.29. The zero-order valence-corrected chi connectivity index (χ0v) is 12.3. The number of likely N-dealkylation sites (tertiary alicyclic amines) is 1. The highest BCUT2D eigenvalue weighted by Gasteiger charge is 2.40. The van der Waals surface area contributed by atoms with E-state index in [1.807, 2.05) is 13.8 Å². The average Bonchev–Trinajstić information content (AvgIpc) is 2.98. The number of ketones is 1. The van der Waals surface area contributed by atoms with Crippen LogP contribution in [-0.2, 0) is 0 Å². The van der Waals surface area contributed by atoms with Crippen LogP contribution in [-0.4, -0.2) is 29.3 Å². The van der Waals surface area contributed by atoms with E-state index in [2.05, 4.69) is 4.90 Å². The molecule has 1 heterocycles. The quantitative estimate of drug-likeness (QED) is 0.784. The van der Waals surface area contributed by atoms with Gasteiger partial charge in [0.1, 0.15) is 0 Å². The van der Waals surface area contributed by atoms with Crippen molar-refractivity contribution in [1.82, 2.24) is 4.90 Å². The van der Waals surface area contributed by atoms with Gasteiger partial charge in [0, 0.05) is 0 Å². The van der Waals surface area contributed by atoms with Crippen LogP contribution in [0.3, 0.4) is 0 Å². The summed E-state index contributed by atoms with van der Waals surface area (Å²) in [5.41, 5.74) is -0.665. The lowest BCUT2D eigenvalue weighted by molar-refractivity contribution is 0.0642. The molecule has 4 heteroatoms. The van der Waals surface area contributed by atoms with Gasteiger partial charge in [0.05, 0.1) is 11.1 Å². The number of carbonyl (C=O) groups excluding carboxylic acids is 1. The standard InChI is InChI=1S/C16H21F2NO/c1-4-16(3,19-9-5-6-10-19)15(20)12-8-7-11(2)13(17)14(12)18/h7-8H,4-6,9-10H2,1-3H3. The van der Waals surface area contributed by atoms with E-state index in [4.69, 9.17) is 0 Å². The summed E-state index contributed by atoms with van der Waals surface area (Å²) >= 11 is 0. The molecule has 0 saturated carbocycles. The normalized spacial score (nSPS) is 19.1. The van der Waals surface area contributed by atoms with E-state index in [0.29, 0.717) is 6.42 Å². The Bertz CT molecular complexity index is 523. The van der Waals surface area contributed by atoms with Crippen molar-refractivity contribution in [2.24, 2.45) is 0 Å². The molecule has 20 heavy (non-hydrogen) atoms. The predicted molar refractivity (Wildman–Crippen MR) is 74.9 cm³/mol. The van der Waals surface area contributed by atoms with E-state index in [1.54, 1.807) is 0 Å². The minimum atomic E-state index is -1.02. The minimum Gasteiger partial charge on any atom is -0.292 e. The number of nitrogens with zero attached hydrogens (tertiary/aromatic N) is 1. The van der Waals surface area contributed by atoms with Crippen LogP contribution in [0.25, 0.3) is 0 Å². The molecule has 0 N–H and O–H groups in total. The first-order chi connectivity index (χ1) is 9.41. The van der Waals surface area contributed by atoms with Gasteiger partial charge in [-0.2, -0.15) is 0 Å². The Morgan fingerprint density at radius 2 is 1.85 bits per heavy atom. The molecule has 0 aromatic heterocycles. The highest BCUT2D eigenvalue weighted by atomic mass is 19.2. The number of aryl methyl sites for hydroxylation is 1. The van der Waals surface area contributed by atoms with Crippen molar-refractivity contribution >= 4 is 5.78 Å². The van der Waals surface area contributed by atoms with Gasteiger partial charge >= 0.3 is 0 Å². The van der Waals surface area contributed by atoms with Crippen LogP contribution in [0.5, 0.6) is 0 Å². The van der Waals surface area contributed by atoms with Crippen molar-refractivity contribution < 1.29 is 13.6 Å². The first kappa shape index (κ1) is 15.1. The van der Waals surface area contributed by atoms with Crippen molar-refractivity contribution in [1.29, 1.82) is 0 Å². The second kappa shape index (κ2) is 5.60. The second-order valence-electron chi connectivity index (χ2n) is 5.71. The summed E-state index contributed by atoms with van der Waals surface area (Å²) in [6.45, 7) is 6.92. The molecular formula is C16H21F2NO. The van der Waals surface area contributed by atoms with Crippen molar-refractivity contribution in [2.45, 2.75) is 45.6 Å². The summed E-state index contributed by atoms with van der Waals surface area (Å²) < 4.78 is 27.7. The topological polar surface area (TPSA) is 20.3 Å². The van der Waals surface area contributed by atoms with Gasteiger partial charge in [0.2, 0.25) is 0 Å². The maximum atomic E-state index is 14.1. The molecule has 2 rings (SSSR count). The zero-order valence-electron chi connectivity index (χ0n) is 12.3. The van der Waals surface area contributed by atoms with Crippen LogP contribution < -0.4 is 0 Å². The number of benzene rings is 1. The Morgan fingerprint density at radius 1 is 1.25 bits per heavy atom. The lowest BCUT2D eigenvalue weighted by Gasteiger charge is -2.36. The molecule has 2 nitrogen and oxygen atoms in total. The summed E-state index contributed by atoms with van der Waals surface area (Å²) in [6, 6.07) is 2.87. The molecule has 1 fully saturated rings. The number of hydrogen-bond donors (Lipinski definition) is 0. The molecule has 1 aliphatic rings. The van der Waals surface area contributed by atoms with Crippen molar-refractivity contribution in [3.63, 3.8) is 0 Å². The maximum Gasteiger partial charge on any atom is 0.185 e. The molecule has 0 aliphatic carbocycles. The molecule has 110 valence electrons. The third-order valence-corrected chi connectivity index (χ3v) is 4.50. The third-order valence-electron chi connectivity index (χ3n) is 4.50. The molecule has 1 unspecified atom stereocenters. The van der Waals surface area contributed by atoms with Crippen LogP contribution in [0.1, 0.15) is 49.0 Å². The zero-order chi connectivity index (χ0) is 14.9. The van der Waals surface area contributed by atoms with Gasteiger partial charge in [-0.05, 0) is 57.8 Å². The van der Waals surface area contributed by atoms with E-state index >= 15 is 0 Å². The van der Waals surface area contributed by atoms with Crippen LogP contribution in [0.15, 0.2) is 12.1 Å². The third kappa shape index (κ3) is 2.37. The Morgan fingerprint density at radius 3 is 2.40 bits per heavy atom. The van der Waals surface area contributed by atoms with Crippen LogP contribution >= 0.6 is 0 Å². The molecule has 0 bridgehead atoms. The Kier molecular flexibility index (Phi) is 4.23. The highest BCUT2D eigenvalue weighted by molar-refractivity contribution is 6.03. The molecule has 1 aliphatic heterocycles. The smallest absolute Gasteiger partial charge is 0.185 e. The first-order valence-corrected chi connectivity index (χ1v) is 7.16. The van der Waals surface area contributed by atoms with E-state index in [0.717, 1.165) is 25.9 Å². The summed E-state index contributed by atoms with van der Waals surface area (Å²) in [6.07, 6.45) is 2.68. The minimum absolute atomic E-state index is 0.135. The van der Waals surface area contributed by atoms with Gasteiger partial charge in [-0.25, -0.2) is 8.78 Å². The fourth-order valence-corrected chi connectivity index (χ4v) is 2.85. The van der Waals surface area contributed by atoms with E-state index < -0.39 is 17.2 Å². The molecule has 1 saturated heterocycles. The molecule has 1 aromatic rings. The predicted octanol–water partition coefficient (Wildman–Crippen LogP) is 3.72. The SMILES string of the molecule is CCC(C)(C(=O)c1ccc(C)c(F)c1F)N1CCCC1. The summed E-state index contributed by atoms with van der Waals surface area (Å²) in [7, 11) is 0. The molecule has 0 spiro atoms. The maximum absolute atomic E-state index is 14.1. The fourth-order valence-electron chi connectivity index (χ4n) is 2.85. The number of halogens is 2. The van der Waals surface area contributed by atoms with Gasteiger partial charge in [0.25, 0.3) is 0 Å². The van der Waals surface area contributed by atoms with E-state index in [1.165, 1.54) is 19.1 Å². The molecule has 1 atom stereocenters. The Labute approximate surface area is 118 Å². The van der Waals surface area contributed by atoms with E-state index in [9.17, 15) is 13.6 Å². The van der Waals surface area contributed by atoms with Crippen molar-refractivity contribution in [2.75, 3.05) is 13.1 Å². The van der Waals surface area contributed by atoms with Gasteiger partial charge in [0.15, 0.2) is 17.4 Å².